The lowest BCUT2D eigenvalue weighted by Gasteiger charge is -2.15. The van der Waals surface area contributed by atoms with Crippen molar-refractivity contribution in [3.05, 3.63) is 46.4 Å². The highest BCUT2D eigenvalue weighted by Crippen LogP contribution is 2.17. The molecule has 1 saturated heterocycles. The summed E-state index contributed by atoms with van der Waals surface area (Å²) in [5, 5.41) is 6.59. The predicted molar refractivity (Wildman–Crippen MR) is 80.4 cm³/mol. The Bertz CT molecular complexity index is 504. The van der Waals surface area contributed by atoms with Crippen molar-refractivity contribution < 1.29 is 0 Å². The molecular weight excluding hydrogens is 254 g/mol. The van der Waals surface area contributed by atoms with Crippen LogP contribution in [0.2, 0.25) is 0 Å². The molecule has 1 aromatic heterocycles. The van der Waals surface area contributed by atoms with E-state index in [-0.39, 0.29) is 0 Å². The summed E-state index contributed by atoms with van der Waals surface area (Å²) < 4.78 is 0. The van der Waals surface area contributed by atoms with Crippen LogP contribution in [0.25, 0.3) is 0 Å². The van der Waals surface area contributed by atoms with Crippen LogP contribution in [0.1, 0.15) is 23.4 Å². The molecule has 0 amide bonds. The minimum absolute atomic E-state index is 0.810. The molecule has 0 aliphatic carbocycles. The summed E-state index contributed by atoms with van der Waals surface area (Å²) in [6, 6.07) is 8.73. The van der Waals surface area contributed by atoms with E-state index in [1.165, 1.54) is 37.2 Å². The van der Waals surface area contributed by atoms with Crippen LogP contribution in [-0.2, 0) is 13.1 Å². The Balaban J connectivity index is 1.59. The summed E-state index contributed by atoms with van der Waals surface area (Å²) >= 11 is 1.69. The Hall–Kier alpha value is -1.39. The molecule has 4 heteroatoms. The summed E-state index contributed by atoms with van der Waals surface area (Å²) in [6.07, 6.45) is 4.55. The van der Waals surface area contributed by atoms with Crippen molar-refractivity contribution in [3.8, 4) is 0 Å². The fraction of sp³-hybridized carbons (Fsp3) is 0.400. The van der Waals surface area contributed by atoms with E-state index in [1.54, 1.807) is 11.3 Å². The highest BCUT2D eigenvalue weighted by Gasteiger charge is 2.11. The molecule has 1 N–H and O–H groups in total. The number of nitrogens with zero attached hydrogens (tertiary/aromatic N) is 2. The van der Waals surface area contributed by atoms with E-state index in [9.17, 15) is 0 Å². The van der Waals surface area contributed by atoms with Crippen molar-refractivity contribution in [1.29, 1.82) is 0 Å². The number of likely N-dealkylation sites (tertiary alicyclic amines) is 1. The highest BCUT2D eigenvalue weighted by molar-refractivity contribution is 7.09. The molecule has 0 saturated carbocycles. The van der Waals surface area contributed by atoms with Gasteiger partial charge in [-0.3, -0.25) is 4.90 Å². The Kier molecular flexibility index (Phi) is 4.10. The lowest BCUT2D eigenvalue weighted by atomic mass is 10.2. The first-order valence-electron chi connectivity index (χ1n) is 6.84. The van der Waals surface area contributed by atoms with Gasteiger partial charge in [0.25, 0.3) is 0 Å². The molecular formula is C15H19N3S. The van der Waals surface area contributed by atoms with E-state index in [4.69, 9.17) is 0 Å². The molecule has 0 spiro atoms. The van der Waals surface area contributed by atoms with Gasteiger partial charge in [0.2, 0.25) is 0 Å². The molecule has 100 valence electrons. The van der Waals surface area contributed by atoms with Gasteiger partial charge in [-0.2, -0.15) is 0 Å². The minimum Gasteiger partial charge on any atom is -0.379 e. The number of thiazole rings is 1. The quantitative estimate of drug-likeness (QED) is 0.905. The van der Waals surface area contributed by atoms with Gasteiger partial charge in [-0.05, 0) is 43.6 Å². The lowest BCUT2D eigenvalue weighted by Crippen LogP contribution is -2.18. The summed E-state index contributed by atoms with van der Waals surface area (Å²) in [5.74, 6) is 0. The van der Waals surface area contributed by atoms with Gasteiger partial charge in [-0.25, -0.2) is 4.98 Å². The fourth-order valence-electron chi connectivity index (χ4n) is 2.50. The van der Waals surface area contributed by atoms with Crippen LogP contribution in [0, 0.1) is 0 Å². The van der Waals surface area contributed by atoms with Crippen LogP contribution in [0.4, 0.5) is 5.69 Å². The maximum Gasteiger partial charge on any atom is 0.112 e. The van der Waals surface area contributed by atoms with Crippen LogP contribution >= 0.6 is 11.3 Å². The zero-order valence-electron chi connectivity index (χ0n) is 11.0. The average molecular weight is 273 g/mol. The van der Waals surface area contributed by atoms with Crippen LogP contribution in [0.5, 0.6) is 0 Å². The second kappa shape index (κ2) is 6.17. The second-order valence-corrected chi connectivity index (χ2v) is 5.94. The Labute approximate surface area is 118 Å². The predicted octanol–water partition coefficient (Wildman–Crippen LogP) is 3.35. The van der Waals surface area contributed by atoms with Gasteiger partial charge in [0, 0.05) is 23.8 Å². The Morgan fingerprint density at radius 1 is 1.26 bits per heavy atom. The molecule has 1 aliphatic rings. The third-order valence-electron chi connectivity index (χ3n) is 3.46. The summed E-state index contributed by atoms with van der Waals surface area (Å²) in [7, 11) is 0. The number of hydrogen-bond acceptors (Lipinski definition) is 4. The maximum absolute atomic E-state index is 4.28. The van der Waals surface area contributed by atoms with Crippen molar-refractivity contribution >= 4 is 17.0 Å². The zero-order chi connectivity index (χ0) is 12.9. The monoisotopic (exact) mass is 273 g/mol. The van der Waals surface area contributed by atoms with Crippen LogP contribution in [0.3, 0.4) is 0 Å². The standard InChI is InChI=1S/C15H19N3S/c1-2-8-18(7-1)12-13-4-3-5-14(10-13)17-11-15-16-6-9-19-15/h3-6,9-10,17H,1-2,7-8,11-12H2. The van der Waals surface area contributed by atoms with Crippen molar-refractivity contribution in [3.63, 3.8) is 0 Å². The molecule has 0 radical (unpaired) electrons. The highest BCUT2D eigenvalue weighted by atomic mass is 32.1. The first kappa shape index (κ1) is 12.6. The maximum atomic E-state index is 4.28. The van der Waals surface area contributed by atoms with Crippen molar-refractivity contribution in [2.75, 3.05) is 18.4 Å². The van der Waals surface area contributed by atoms with Gasteiger partial charge in [-0.15, -0.1) is 11.3 Å². The van der Waals surface area contributed by atoms with Crippen LogP contribution < -0.4 is 5.32 Å². The molecule has 3 rings (SSSR count). The van der Waals surface area contributed by atoms with Crippen molar-refractivity contribution in [2.45, 2.75) is 25.9 Å². The Morgan fingerprint density at radius 2 is 2.16 bits per heavy atom. The smallest absolute Gasteiger partial charge is 0.112 e. The first-order chi connectivity index (χ1) is 9.40. The molecule has 1 aliphatic heterocycles. The molecule has 1 fully saturated rings. The van der Waals surface area contributed by atoms with E-state index in [0.717, 1.165) is 18.1 Å². The lowest BCUT2D eigenvalue weighted by molar-refractivity contribution is 0.331. The number of hydrogen-bond donors (Lipinski definition) is 1. The van der Waals surface area contributed by atoms with Gasteiger partial charge >= 0.3 is 0 Å². The van der Waals surface area contributed by atoms with E-state index in [2.05, 4.69) is 39.5 Å². The average Bonchev–Trinajstić information content (AvgIpc) is 3.10. The summed E-state index contributed by atoms with van der Waals surface area (Å²) in [4.78, 5) is 6.81. The SMILES string of the molecule is c1cc(CN2CCCC2)cc(NCc2nccs2)c1. The van der Waals surface area contributed by atoms with Gasteiger partial charge in [-0.1, -0.05) is 12.1 Å². The number of anilines is 1. The van der Waals surface area contributed by atoms with Gasteiger partial charge in [0.05, 0.1) is 6.54 Å². The molecule has 0 bridgehead atoms. The van der Waals surface area contributed by atoms with E-state index < -0.39 is 0 Å². The van der Waals surface area contributed by atoms with Gasteiger partial charge in [0.1, 0.15) is 5.01 Å². The third kappa shape index (κ3) is 3.55. The molecule has 2 aromatic rings. The molecule has 3 nitrogen and oxygen atoms in total. The number of aromatic nitrogens is 1. The number of rotatable bonds is 5. The van der Waals surface area contributed by atoms with Crippen LogP contribution in [-0.4, -0.2) is 23.0 Å². The largest absolute Gasteiger partial charge is 0.379 e. The normalized spacial score (nSPS) is 15.8. The molecule has 0 atom stereocenters. The van der Waals surface area contributed by atoms with Crippen molar-refractivity contribution in [2.24, 2.45) is 0 Å². The van der Waals surface area contributed by atoms with Gasteiger partial charge < -0.3 is 5.32 Å². The topological polar surface area (TPSA) is 28.2 Å². The van der Waals surface area contributed by atoms with E-state index >= 15 is 0 Å². The molecule has 19 heavy (non-hydrogen) atoms. The molecule has 0 unspecified atom stereocenters. The van der Waals surface area contributed by atoms with Gasteiger partial charge in [0.15, 0.2) is 0 Å². The summed E-state index contributed by atoms with van der Waals surface area (Å²) in [6.45, 7) is 4.38. The molecule has 2 heterocycles. The second-order valence-electron chi connectivity index (χ2n) is 4.96. The first-order valence-corrected chi connectivity index (χ1v) is 7.72. The third-order valence-corrected chi connectivity index (χ3v) is 4.24. The van der Waals surface area contributed by atoms with E-state index in [0.29, 0.717) is 0 Å². The Morgan fingerprint density at radius 3 is 2.95 bits per heavy atom. The number of benzene rings is 1. The van der Waals surface area contributed by atoms with Crippen LogP contribution in [0.15, 0.2) is 35.8 Å². The zero-order valence-corrected chi connectivity index (χ0v) is 11.8. The van der Waals surface area contributed by atoms with Crippen molar-refractivity contribution in [1.82, 2.24) is 9.88 Å². The van der Waals surface area contributed by atoms with E-state index in [1.807, 2.05) is 11.6 Å². The molecule has 1 aromatic carbocycles. The minimum atomic E-state index is 0.810. The number of nitrogens with one attached hydrogen (secondary N) is 1. The summed E-state index contributed by atoms with van der Waals surface area (Å²) in [5.41, 5.74) is 2.58. The fourth-order valence-corrected chi connectivity index (χ4v) is 3.05.